The van der Waals surface area contributed by atoms with Crippen LogP contribution in [-0.4, -0.2) is 71.9 Å². The number of carbonyl (C=O) groups excluding carboxylic acids is 1. The van der Waals surface area contributed by atoms with Crippen molar-refractivity contribution in [1.29, 1.82) is 0 Å². The number of piperidine rings is 2. The van der Waals surface area contributed by atoms with Crippen LogP contribution in [0.3, 0.4) is 0 Å². The molecule has 1 unspecified atom stereocenters. The molecule has 0 aromatic carbocycles. The maximum absolute atomic E-state index is 12.5. The molecule has 0 radical (unpaired) electrons. The summed E-state index contributed by atoms with van der Waals surface area (Å²) in [5.41, 5.74) is 1.53. The highest BCUT2D eigenvalue weighted by molar-refractivity contribution is 6.02. The third-order valence-corrected chi connectivity index (χ3v) is 6.04. The van der Waals surface area contributed by atoms with Crippen LogP contribution in [0.1, 0.15) is 42.2 Å². The van der Waals surface area contributed by atoms with Crippen molar-refractivity contribution in [3.63, 3.8) is 0 Å². The average Bonchev–Trinajstić information content (AvgIpc) is 3.26. The molecule has 8 nitrogen and oxygen atoms in total. The quantitative estimate of drug-likeness (QED) is 0.803. The van der Waals surface area contributed by atoms with Crippen molar-refractivity contribution in [2.24, 2.45) is 0 Å². The predicted molar refractivity (Wildman–Crippen MR) is 114 cm³/mol. The number of anilines is 2. The van der Waals surface area contributed by atoms with Crippen molar-refractivity contribution in [3.05, 3.63) is 36.3 Å². The molecule has 156 valence electrons. The maximum atomic E-state index is 12.5. The minimum absolute atomic E-state index is 0.223. The highest BCUT2D eigenvalue weighted by Crippen LogP contribution is 2.22. The van der Waals surface area contributed by atoms with E-state index < -0.39 is 0 Å². The van der Waals surface area contributed by atoms with Gasteiger partial charge in [0.2, 0.25) is 0 Å². The van der Waals surface area contributed by atoms with Gasteiger partial charge in [0.05, 0.1) is 17.9 Å². The number of hydrogen-bond acceptors (Lipinski definition) is 6. The van der Waals surface area contributed by atoms with Crippen LogP contribution in [0, 0.1) is 0 Å². The summed E-state index contributed by atoms with van der Waals surface area (Å²) >= 11 is 0. The molecule has 2 N–H and O–H groups in total. The number of pyridine rings is 1. The summed E-state index contributed by atoms with van der Waals surface area (Å²) in [6.07, 6.45) is 8.27. The second kappa shape index (κ2) is 8.92. The lowest BCUT2D eigenvalue weighted by molar-refractivity contribution is 0.102. The lowest BCUT2D eigenvalue weighted by atomic mass is 10.0. The first-order valence-corrected chi connectivity index (χ1v) is 10.5. The van der Waals surface area contributed by atoms with Gasteiger partial charge in [0.25, 0.3) is 5.91 Å². The molecule has 2 aromatic rings. The molecule has 4 rings (SSSR count). The van der Waals surface area contributed by atoms with Crippen LogP contribution in [-0.2, 0) is 0 Å². The SMILES string of the molecule is CN(C)C1CCN(c2ccc(NC(=O)c3ccn(C4CCCNC4)n3)nc2)CC1. The van der Waals surface area contributed by atoms with Crippen molar-refractivity contribution < 1.29 is 4.79 Å². The molecule has 2 saturated heterocycles. The standard InChI is InChI=1S/C21H31N7O/c1-26(2)16-7-11-27(12-8-16)17-5-6-20(23-15-17)24-21(29)19-9-13-28(25-19)18-4-3-10-22-14-18/h5-6,9,13,15-16,18,22H,3-4,7-8,10-12,14H2,1-2H3,(H,23,24,29). The Labute approximate surface area is 172 Å². The number of amides is 1. The summed E-state index contributed by atoms with van der Waals surface area (Å²) in [7, 11) is 4.29. The van der Waals surface area contributed by atoms with Crippen molar-refractivity contribution >= 4 is 17.4 Å². The molecule has 0 spiro atoms. The van der Waals surface area contributed by atoms with Gasteiger partial charge >= 0.3 is 0 Å². The minimum Gasteiger partial charge on any atom is -0.370 e. The molecule has 0 bridgehead atoms. The van der Waals surface area contributed by atoms with Crippen LogP contribution >= 0.6 is 0 Å². The first kappa shape index (κ1) is 19.8. The smallest absolute Gasteiger partial charge is 0.277 e. The Kier molecular flexibility index (Phi) is 6.10. The van der Waals surface area contributed by atoms with E-state index in [2.05, 4.69) is 44.6 Å². The maximum Gasteiger partial charge on any atom is 0.277 e. The van der Waals surface area contributed by atoms with Gasteiger partial charge in [0.1, 0.15) is 5.82 Å². The van der Waals surface area contributed by atoms with Crippen molar-refractivity contribution in [2.45, 2.75) is 37.8 Å². The molecule has 2 aromatic heterocycles. The molecule has 2 aliphatic rings. The minimum atomic E-state index is -0.223. The molecule has 1 atom stereocenters. The Bertz CT molecular complexity index is 803. The van der Waals surface area contributed by atoms with E-state index >= 15 is 0 Å². The van der Waals surface area contributed by atoms with Crippen molar-refractivity contribution in [2.75, 3.05) is 50.5 Å². The fraction of sp³-hybridized carbons (Fsp3) is 0.571. The van der Waals surface area contributed by atoms with Crippen LogP contribution in [0.15, 0.2) is 30.6 Å². The Hall–Kier alpha value is -2.45. The monoisotopic (exact) mass is 397 g/mol. The molecular weight excluding hydrogens is 366 g/mol. The van der Waals surface area contributed by atoms with Crippen LogP contribution in [0.2, 0.25) is 0 Å². The van der Waals surface area contributed by atoms with E-state index in [1.165, 1.54) is 0 Å². The average molecular weight is 398 g/mol. The van der Waals surface area contributed by atoms with Crippen molar-refractivity contribution in [3.8, 4) is 0 Å². The van der Waals surface area contributed by atoms with Crippen LogP contribution in [0.5, 0.6) is 0 Å². The third kappa shape index (κ3) is 4.76. The topological polar surface area (TPSA) is 78.3 Å². The number of nitrogens with one attached hydrogen (secondary N) is 2. The highest BCUT2D eigenvalue weighted by atomic mass is 16.2. The number of nitrogens with zero attached hydrogens (tertiary/aromatic N) is 5. The second-order valence-corrected chi connectivity index (χ2v) is 8.22. The van der Waals surface area contributed by atoms with E-state index in [1.807, 2.05) is 29.2 Å². The largest absolute Gasteiger partial charge is 0.370 e. The van der Waals surface area contributed by atoms with Gasteiger partial charge < -0.3 is 20.4 Å². The fourth-order valence-electron chi connectivity index (χ4n) is 4.19. The Morgan fingerprint density at radius 2 is 2.03 bits per heavy atom. The molecule has 2 aliphatic heterocycles. The number of carbonyl (C=O) groups is 1. The van der Waals surface area contributed by atoms with E-state index in [0.717, 1.165) is 57.5 Å². The van der Waals surface area contributed by atoms with E-state index in [-0.39, 0.29) is 5.91 Å². The molecule has 0 saturated carbocycles. The molecule has 8 heteroatoms. The van der Waals surface area contributed by atoms with Crippen molar-refractivity contribution in [1.82, 2.24) is 25.0 Å². The van der Waals surface area contributed by atoms with Crippen LogP contribution < -0.4 is 15.5 Å². The summed E-state index contributed by atoms with van der Waals surface area (Å²) in [6.45, 7) is 4.02. The highest BCUT2D eigenvalue weighted by Gasteiger charge is 2.21. The van der Waals surface area contributed by atoms with E-state index in [9.17, 15) is 4.79 Å². The molecule has 2 fully saturated rings. The summed E-state index contributed by atoms with van der Waals surface area (Å²) < 4.78 is 1.90. The van der Waals surface area contributed by atoms with Crippen LogP contribution in [0.4, 0.5) is 11.5 Å². The summed E-state index contributed by atoms with van der Waals surface area (Å²) in [6, 6.07) is 6.65. The fourth-order valence-corrected chi connectivity index (χ4v) is 4.19. The van der Waals surface area contributed by atoms with E-state index in [4.69, 9.17) is 0 Å². The Balaban J connectivity index is 1.33. The van der Waals surface area contributed by atoms with Gasteiger partial charge in [-0.15, -0.1) is 0 Å². The van der Waals surface area contributed by atoms with E-state index in [0.29, 0.717) is 23.6 Å². The number of hydrogen-bond donors (Lipinski definition) is 2. The van der Waals surface area contributed by atoms with Gasteiger partial charge in [-0.2, -0.15) is 5.10 Å². The summed E-state index contributed by atoms with van der Waals surface area (Å²) in [4.78, 5) is 21.6. The Morgan fingerprint density at radius 1 is 1.21 bits per heavy atom. The third-order valence-electron chi connectivity index (χ3n) is 6.04. The second-order valence-electron chi connectivity index (χ2n) is 8.22. The molecule has 1 amide bonds. The van der Waals surface area contributed by atoms with Gasteiger partial charge in [-0.1, -0.05) is 0 Å². The number of rotatable bonds is 5. The van der Waals surface area contributed by atoms with Gasteiger partial charge in [0.15, 0.2) is 5.69 Å². The Morgan fingerprint density at radius 3 is 2.69 bits per heavy atom. The first-order chi connectivity index (χ1) is 14.1. The lowest BCUT2D eigenvalue weighted by Gasteiger charge is -2.36. The first-order valence-electron chi connectivity index (χ1n) is 10.5. The summed E-state index contributed by atoms with van der Waals surface area (Å²) in [5, 5.41) is 10.7. The van der Waals surface area contributed by atoms with Gasteiger partial charge in [0, 0.05) is 31.9 Å². The molecule has 0 aliphatic carbocycles. The zero-order valence-electron chi connectivity index (χ0n) is 17.3. The molecule has 29 heavy (non-hydrogen) atoms. The molecule has 4 heterocycles. The van der Waals surface area contributed by atoms with Gasteiger partial charge in [-0.25, -0.2) is 4.98 Å². The van der Waals surface area contributed by atoms with Crippen LogP contribution in [0.25, 0.3) is 0 Å². The number of aromatic nitrogens is 3. The predicted octanol–water partition coefficient (Wildman–Crippen LogP) is 1.99. The zero-order chi connectivity index (χ0) is 20.2. The summed E-state index contributed by atoms with van der Waals surface area (Å²) in [5.74, 6) is 0.329. The zero-order valence-corrected chi connectivity index (χ0v) is 17.3. The van der Waals surface area contributed by atoms with E-state index in [1.54, 1.807) is 6.07 Å². The molecular formula is C21H31N7O. The lowest BCUT2D eigenvalue weighted by Crippen LogP contribution is -2.42. The normalized spacial score (nSPS) is 20.8. The van der Waals surface area contributed by atoms with Gasteiger partial charge in [-0.05, 0) is 64.5 Å². The van der Waals surface area contributed by atoms with Gasteiger partial charge in [-0.3, -0.25) is 9.48 Å².